The van der Waals surface area contributed by atoms with Crippen molar-refractivity contribution in [2.24, 2.45) is 11.8 Å². The lowest BCUT2D eigenvalue weighted by atomic mass is 9.83. The second-order valence-electron chi connectivity index (χ2n) is 9.05. The molecule has 2 N–H and O–H groups in total. The van der Waals surface area contributed by atoms with E-state index in [1.54, 1.807) is 17.1 Å². The van der Waals surface area contributed by atoms with Crippen molar-refractivity contribution in [1.29, 1.82) is 0 Å². The number of aliphatic hydroxyl groups excluding tert-OH is 1. The molecule has 2 fully saturated rings. The number of pyridine rings is 1. The van der Waals surface area contributed by atoms with Gasteiger partial charge in [-0.05, 0) is 69.2 Å². The molecule has 3 heterocycles. The van der Waals surface area contributed by atoms with Gasteiger partial charge < -0.3 is 14.7 Å². The molecule has 1 aliphatic heterocycles. The van der Waals surface area contributed by atoms with Crippen molar-refractivity contribution in [3.63, 3.8) is 0 Å². The van der Waals surface area contributed by atoms with Gasteiger partial charge in [0.1, 0.15) is 6.23 Å². The first kappa shape index (κ1) is 22.4. The van der Waals surface area contributed by atoms with Gasteiger partial charge in [0.05, 0.1) is 6.61 Å². The number of hydrogen-bond acceptors (Lipinski definition) is 6. The van der Waals surface area contributed by atoms with E-state index in [1.165, 1.54) is 38.6 Å². The lowest BCUT2D eigenvalue weighted by Crippen LogP contribution is -2.47. The molecule has 2 aromatic heterocycles. The van der Waals surface area contributed by atoms with Gasteiger partial charge in [-0.3, -0.25) is 5.32 Å². The van der Waals surface area contributed by atoms with Gasteiger partial charge >= 0.3 is 0 Å². The van der Waals surface area contributed by atoms with Crippen LogP contribution >= 0.6 is 0 Å². The minimum Gasteiger partial charge on any atom is -0.381 e. The molecule has 0 radical (unpaired) electrons. The summed E-state index contributed by atoms with van der Waals surface area (Å²) in [6.07, 6.45) is 12.1. The van der Waals surface area contributed by atoms with Crippen LogP contribution in [0.3, 0.4) is 0 Å². The number of aliphatic hydroxyl groups is 1. The maximum Gasteiger partial charge on any atom is 0.153 e. The number of likely N-dealkylation sites (tertiary alicyclic amines) is 1. The standard InChI is InChI=1S/C24H37N5O2/c1-2-31-18-19-7-5-13-28(16-19)17-21-8-3-4-9-22(21)27-24(30)20-10-11-23(25-15-20)29-14-6-12-26-29/h6,10-12,14-15,19,21-22,24,27,30H,2-5,7-9,13,16-18H2,1H3/t19?,21-,22+,24?/m0/s1. The molecule has 0 aromatic carbocycles. The Morgan fingerprint density at radius 2 is 2.13 bits per heavy atom. The van der Waals surface area contributed by atoms with Crippen LogP contribution in [0.1, 0.15) is 57.2 Å². The highest BCUT2D eigenvalue weighted by atomic mass is 16.5. The van der Waals surface area contributed by atoms with Crippen molar-refractivity contribution < 1.29 is 9.84 Å². The minimum absolute atomic E-state index is 0.335. The van der Waals surface area contributed by atoms with E-state index in [0.717, 1.165) is 44.1 Å². The quantitative estimate of drug-likeness (QED) is 0.599. The summed E-state index contributed by atoms with van der Waals surface area (Å²) in [5.74, 6) is 1.99. The molecule has 1 saturated carbocycles. The van der Waals surface area contributed by atoms with E-state index < -0.39 is 6.23 Å². The van der Waals surface area contributed by atoms with Gasteiger partial charge in [-0.1, -0.05) is 12.8 Å². The third-order valence-corrected chi connectivity index (χ3v) is 6.76. The van der Waals surface area contributed by atoms with Crippen LogP contribution < -0.4 is 5.32 Å². The molecule has 0 bridgehead atoms. The van der Waals surface area contributed by atoms with Gasteiger partial charge in [0.2, 0.25) is 0 Å². The zero-order valence-corrected chi connectivity index (χ0v) is 18.7. The van der Waals surface area contributed by atoms with Gasteiger partial charge in [0.15, 0.2) is 5.82 Å². The van der Waals surface area contributed by atoms with Crippen LogP contribution in [0.15, 0.2) is 36.8 Å². The molecule has 1 aliphatic carbocycles. The number of nitrogens with one attached hydrogen (secondary N) is 1. The van der Waals surface area contributed by atoms with E-state index in [-0.39, 0.29) is 0 Å². The van der Waals surface area contributed by atoms with Gasteiger partial charge in [-0.15, -0.1) is 0 Å². The summed E-state index contributed by atoms with van der Waals surface area (Å²) in [7, 11) is 0. The molecule has 0 spiro atoms. The Kier molecular flexibility index (Phi) is 8.08. The second-order valence-corrected chi connectivity index (χ2v) is 9.05. The van der Waals surface area contributed by atoms with Crippen molar-refractivity contribution in [1.82, 2.24) is 25.0 Å². The van der Waals surface area contributed by atoms with E-state index >= 15 is 0 Å². The predicted octanol–water partition coefficient (Wildman–Crippen LogP) is 3.16. The highest BCUT2D eigenvalue weighted by Crippen LogP contribution is 2.29. The third kappa shape index (κ3) is 6.13. The first-order valence-corrected chi connectivity index (χ1v) is 11.9. The Labute approximate surface area is 185 Å². The topological polar surface area (TPSA) is 75.4 Å². The zero-order valence-electron chi connectivity index (χ0n) is 18.7. The number of piperidine rings is 1. The van der Waals surface area contributed by atoms with E-state index in [2.05, 4.69) is 27.2 Å². The monoisotopic (exact) mass is 427 g/mol. The van der Waals surface area contributed by atoms with Crippen molar-refractivity contribution in [3.8, 4) is 5.82 Å². The summed E-state index contributed by atoms with van der Waals surface area (Å²) in [5.41, 5.74) is 0.801. The molecule has 170 valence electrons. The van der Waals surface area contributed by atoms with Crippen molar-refractivity contribution in [3.05, 3.63) is 42.4 Å². The number of ether oxygens (including phenoxy) is 1. The summed E-state index contributed by atoms with van der Waals surface area (Å²) < 4.78 is 7.40. The van der Waals surface area contributed by atoms with E-state index in [9.17, 15) is 5.11 Å². The molecule has 2 aromatic rings. The first-order chi connectivity index (χ1) is 15.2. The lowest BCUT2D eigenvalue weighted by molar-refractivity contribution is 0.0468. The third-order valence-electron chi connectivity index (χ3n) is 6.76. The average molecular weight is 428 g/mol. The summed E-state index contributed by atoms with van der Waals surface area (Å²) in [5, 5.41) is 18.6. The Morgan fingerprint density at radius 1 is 1.23 bits per heavy atom. The fourth-order valence-electron chi connectivity index (χ4n) is 5.11. The molecular weight excluding hydrogens is 390 g/mol. The fourth-order valence-corrected chi connectivity index (χ4v) is 5.11. The molecule has 1 saturated heterocycles. The normalized spacial score (nSPS) is 26.1. The maximum atomic E-state index is 10.9. The van der Waals surface area contributed by atoms with Crippen molar-refractivity contribution >= 4 is 0 Å². The SMILES string of the molecule is CCOCC1CCCN(C[C@@H]2CCCC[C@H]2NC(O)c2ccc(-n3cccn3)nc2)C1. The highest BCUT2D eigenvalue weighted by Gasteiger charge is 2.30. The molecule has 7 heteroatoms. The average Bonchev–Trinajstić information content (AvgIpc) is 3.34. The van der Waals surface area contributed by atoms with Crippen LogP contribution in [0.2, 0.25) is 0 Å². The highest BCUT2D eigenvalue weighted by molar-refractivity contribution is 5.25. The Morgan fingerprint density at radius 3 is 2.90 bits per heavy atom. The van der Waals surface area contributed by atoms with Crippen molar-refractivity contribution in [2.45, 2.75) is 57.7 Å². The first-order valence-electron chi connectivity index (χ1n) is 11.9. The number of nitrogens with zero attached hydrogens (tertiary/aromatic N) is 4. The number of aromatic nitrogens is 3. The molecule has 4 rings (SSSR count). The summed E-state index contributed by atoms with van der Waals surface area (Å²) in [4.78, 5) is 7.09. The molecule has 7 nitrogen and oxygen atoms in total. The van der Waals surface area contributed by atoms with Crippen LogP contribution in [-0.2, 0) is 4.74 Å². The molecule has 0 amide bonds. The number of hydrogen-bond donors (Lipinski definition) is 2. The van der Waals surface area contributed by atoms with Gasteiger partial charge in [0, 0.05) is 49.9 Å². The Balaban J connectivity index is 1.33. The second kappa shape index (κ2) is 11.2. The Hall–Kier alpha value is -1.80. The van der Waals surface area contributed by atoms with Gasteiger partial charge in [-0.25, -0.2) is 9.67 Å². The fraction of sp³-hybridized carbons (Fsp3) is 0.667. The summed E-state index contributed by atoms with van der Waals surface area (Å²) in [6, 6.07) is 6.04. The van der Waals surface area contributed by atoms with Crippen LogP contribution in [0, 0.1) is 11.8 Å². The van der Waals surface area contributed by atoms with Crippen LogP contribution in [0.5, 0.6) is 0 Å². The number of rotatable bonds is 9. The van der Waals surface area contributed by atoms with E-state index in [0.29, 0.717) is 17.9 Å². The van der Waals surface area contributed by atoms with Gasteiger partial charge in [-0.2, -0.15) is 5.10 Å². The lowest BCUT2D eigenvalue weighted by Gasteiger charge is -2.40. The molecular formula is C24H37N5O2. The van der Waals surface area contributed by atoms with E-state index in [4.69, 9.17) is 4.74 Å². The maximum absolute atomic E-state index is 10.9. The summed E-state index contributed by atoms with van der Waals surface area (Å²) in [6.45, 7) is 7.21. The molecule has 4 atom stereocenters. The van der Waals surface area contributed by atoms with Crippen LogP contribution in [0.25, 0.3) is 5.82 Å². The van der Waals surface area contributed by atoms with Crippen molar-refractivity contribution in [2.75, 3.05) is 32.8 Å². The summed E-state index contributed by atoms with van der Waals surface area (Å²) >= 11 is 0. The van der Waals surface area contributed by atoms with Gasteiger partial charge in [0.25, 0.3) is 0 Å². The molecule has 31 heavy (non-hydrogen) atoms. The zero-order chi connectivity index (χ0) is 21.5. The largest absolute Gasteiger partial charge is 0.381 e. The predicted molar refractivity (Wildman–Crippen MR) is 121 cm³/mol. The molecule has 2 unspecified atom stereocenters. The Bertz CT molecular complexity index is 767. The van der Waals surface area contributed by atoms with E-state index in [1.807, 2.05) is 24.4 Å². The van der Waals surface area contributed by atoms with Crippen LogP contribution in [-0.4, -0.2) is 63.7 Å². The van der Waals surface area contributed by atoms with Crippen LogP contribution in [0.4, 0.5) is 0 Å². The smallest absolute Gasteiger partial charge is 0.153 e. The molecule has 2 aliphatic rings. The minimum atomic E-state index is -0.697.